The molecule has 27 heavy (non-hydrogen) atoms. The lowest BCUT2D eigenvalue weighted by Crippen LogP contribution is -2.25. The topological polar surface area (TPSA) is 39.7 Å². The Morgan fingerprint density at radius 2 is 1.96 bits per heavy atom. The summed E-state index contributed by atoms with van der Waals surface area (Å²) in [5, 5.41) is 4.01. The smallest absolute Gasteiger partial charge is 0.180 e. The lowest BCUT2D eigenvalue weighted by atomic mass is 10.1. The van der Waals surface area contributed by atoms with E-state index in [0.29, 0.717) is 35.8 Å². The molecule has 1 heterocycles. The molecule has 0 radical (unpaired) electrons. The number of hydrogen-bond donors (Lipinski definition) is 1. The molecule has 2 aromatic carbocycles. The Morgan fingerprint density at radius 1 is 1.15 bits per heavy atom. The summed E-state index contributed by atoms with van der Waals surface area (Å²) in [6.45, 7) is 7.49. The van der Waals surface area contributed by atoms with Gasteiger partial charge in [-0.15, -0.1) is 0 Å². The molecule has 0 spiro atoms. The van der Waals surface area contributed by atoms with E-state index in [1.54, 1.807) is 0 Å². The van der Waals surface area contributed by atoms with Crippen LogP contribution >= 0.6 is 11.6 Å². The van der Waals surface area contributed by atoms with Crippen LogP contribution in [-0.2, 0) is 17.9 Å². The van der Waals surface area contributed by atoms with Crippen molar-refractivity contribution in [3.63, 3.8) is 0 Å². The minimum absolute atomic E-state index is 0.323. The molecule has 0 aliphatic carbocycles. The lowest BCUT2D eigenvalue weighted by molar-refractivity contribution is 0.110. The van der Waals surface area contributed by atoms with Gasteiger partial charge < -0.3 is 19.5 Å². The first-order valence-electron chi connectivity index (χ1n) is 9.61. The van der Waals surface area contributed by atoms with Crippen LogP contribution in [0.5, 0.6) is 11.5 Å². The molecule has 1 saturated heterocycles. The number of ether oxygens (including phenoxy) is 3. The third-order valence-electron chi connectivity index (χ3n) is 4.60. The SMILES string of the molecule is CCOc1cc(CNC[C@@H]2CCCO2)cc(Cl)c1OCc1ccc(C)cc1. The highest BCUT2D eigenvalue weighted by atomic mass is 35.5. The van der Waals surface area contributed by atoms with Gasteiger partial charge in [0.15, 0.2) is 11.5 Å². The van der Waals surface area contributed by atoms with Gasteiger partial charge in [-0.25, -0.2) is 0 Å². The number of nitrogens with one attached hydrogen (secondary N) is 1. The summed E-state index contributed by atoms with van der Waals surface area (Å²) in [6, 6.07) is 12.2. The Labute approximate surface area is 166 Å². The second-order valence-corrected chi connectivity index (χ2v) is 7.29. The molecule has 5 heteroatoms. The van der Waals surface area contributed by atoms with E-state index in [9.17, 15) is 0 Å². The summed E-state index contributed by atoms with van der Waals surface area (Å²) in [6.07, 6.45) is 2.60. The van der Waals surface area contributed by atoms with Crippen molar-refractivity contribution in [3.8, 4) is 11.5 Å². The number of rotatable bonds is 9. The van der Waals surface area contributed by atoms with E-state index in [1.807, 2.05) is 19.1 Å². The second-order valence-electron chi connectivity index (χ2n) is 6.88. The summed E-state index contributed by atoms with van der Waals surface area (Å²) >= 11 is 6.51. The molecule has 0 saturated carbocycles. The van der Waals surface area contributed by atoms with Gasteiger partial charge in [-0.2, -0.15) is 0 Å². The first-order valence-corrected chi connectivity index (χ1v) is 9.99. The van der Waals surface area contributed by atoms with Gasteiger partial charge in [0.2, 0.25) is 0 Å². The molecule has 0 unspecified atom stereocenters. The van der Waals surface area contributed by atoms with Crippen molar-refractivity contribution >= 4 is 11.6 Å². The number of hydrogen-bond acceptors (Lipinski definition) is 4. The maximum Gasteiger partial charge on any atom is 0.180 e. The molecule has 0 aromatic heterocycles. The van der Waals surface area contributed by atoms with Crippen LogP contribution in [0.15, 0.2) is 36.4 Å². The molecule has 1 fully saturated rings. The summed E-state index contributed by atoms with van der Waals surface area (Å²) < 4.78 is 17.4. The van der Waals surface area contributed by atoms with Gasteiger partial charge in [0.1, 0.15) is 6.61 Å². The van der Waals surface area contributed by atoms with Gasteiger partial charge in [-0.3, -0.25) is 0 Å². The molecule has 146 valence electrons. The van der Waals surface area contributed by atoms with Crippen LogP contribution in [0.4, 0.5) is 0 Å². The molecule has 0 bridgehead atoms. The molecular weight excluding hydrogens is 362 g/mol. The van der Waals surface area contributed by atoms with E-state index in [-0.39, 0.29) is 0 Å². The van der Waals surface area contributed by atoms with Crippen molar-refractivity contribution in [2.75, 3.05) is 19.8 Å². The average molecular weight is 390 g/mol. The van der Waals surface area contributed by atoms with Crippen molar-refractivity contribution in [3.05, 3.63) is 58.1 Å². The zero-order chi connectivity index (χ0) is 19.1. The third kappa shape index (κ3) is 5.86. The van der Waals surface area contributed by atoms with Crippen LogP contribution in [0.3, 0.4) is 0 Å². The first kappa shape index (κ1) is 20.0. The fourth-order valence-corrected chi connectivity index (χ4v) is 3.44. The Bertz CT molecular complexity index is 727. The summed E-state index contributed by atoms with van der Waals surface area (Å²) in [7, 11) is 0. The van der Waals surface area contributed by atoms with Crippen LogP contribution < -0.4 is 14.8 Å². The van der Waals surface area contributed by atoms with E-state index < -0.39 is 0 Å². The minimum Gasteiger partial charge on any atom is -0.490 e. The summed E-state index contributed by atoms with van der Waals surface area (Å²) in [5.41, 5.74) is 3.40. The molecule has 3 rings (SSSR count). The van der Waals surface area contributed by atoms with Crippen LogP contribution in [0.1, 0.15) is 36.5 Å². The van der Waals surface area contributed by atoms with Gasteiger partial charge in [0.25, 0.3) is 0 Å². The largest absolute Gasteiger partial charge is 0.490 e. The van der Waals surface area contributed by atoms with Gasteiger partial charge in [0.05, 0.1) is 17.7 Å². The maximum atomic E-state index is 6.51. The lowest BCUT2D eigenvalue weighted by Gasteiger charge is -2.16. The highest BCUT2D eigenvalue weighted by molar-refractivity contribution is 6.32. The standard InChI is InChI=1S/C22H28ClNO3/c1-3-25-21-12-18(13-24-14-19-5-4-10-26-19)11-20(23)22(21)27-15-17-8-6-16(2)7-9-17/h6-9,11-12,19,24H,3-5,10,13-15H2,1-2H3/t19-/m0/s1. The molecule has 2 aromatic rings. The van der Waals surface area contributed by atoms with Gasteiger partial charge in [0, 0.05) is 19.7 Å². The van der Waals surface area contributed by atoms with Crippen LogP contribution in [-0.4, -0.2) is 25.9 Å². The van der Waals surface area contributed by atoms with Crippen molar-refractivity contribution in [2.24, 2.45) is 0 Å². The fraction of sp³-hybridized carbons (Fsp3) is 0.455. The van der Waals surface area contributed by atoms with E-state index >= 15 is 0 Å². The van der Waals surface area contributed by atoms with E-state index in [4.69, 9.17) is 25.8 Å². The highest BCUT2D eigenvalue weighted by Crippen LogP contribution is 2.37. The molecule has 4 nitrogen and oxygen atoms in total. The van der Waals surface area contributed by atoms with Crippen molar-refractivity contribution in [2.45, 2.75) is 45.9 Å². The normalized spacial score (nSPS) is 16.5. The van der Waals surface area contributed by atoms with E-state index in [0.717, 1.165) is 43.7 Å². The quantitative estimate of drug-likeness (QED) is 0.662. The highest BCUT2D eigenvalue weighted by Gasteiger charge is 2.16. The number of halogens is 1. The van der Waals surface area contributed by atoms with Crippen LogP contribution in [0.25, 0.3) is 0 Å². The van der Waals surface area contributed by atoms with Gasteiger partial charge >= 0.3 is 0 Å². The predicted octanol–water partition coefficient (Wildman–Crippen LogP) is 4.89. The van der Waals surface area contributed by atoms with Crippen molar-refractivity contribution in [1.29, 1.82) is 0 Å². The summed E-state index contributed by atoms with van der Waals surface area (Å²) in [4.78, 5) is 0. The summed E-state index contributed by atoms with van der Waals surface area (Å²) in [5.74, 6) is 1.29. The molecule has 0 amide bonds. The Balaban J connectivity index is 1.64. The van der Waals surface area contributed by atoms with E-state index in [1.165, 1.54) is 5.56 Å². The Morgan fingerprint density at radius 3 is 2.67 bits per heavy atom. The molecule has 1 aliphatic rings. The fourth-order valence-electron chi connectivity index (χ4n) is 3.15. The molecular formula is C22H28ClNO3. The number of aryl methyl sites for hydroxylation is 1. The Kier molecular flexibility index (Phi) is 7.39. The van der Waals surface area contributed by atoms with Crippen LogP contribution in [0.2, 0.25) is 5.02 Å². The van der Waals surface area contributed by atoms with E-state index in [2.05, 4.69) is 36.5 Å². The van der Waals surface area contributed by atoms with Crippen molar-refractivity contribution in [1.82, 2.24) is 5.32 Å². The minimum atomic E-state index is 0.323. The second kappa shape index (κ2) is 9.98. The number of benzene rings is 2. The van der Waals surface area contributed by atoms with Crippen LogP contribution in [0, 0.1) is 6.92 Å². The Hall–Kier alpha value is -1.75. The van der Waals surface area contributed by atoms with Gasteiger partial charge in [-0.1, -0.05) is 41.4 Å². The maximum absolute atomic E-state index is 6.51. The molecule has 1 aliphatic heterocycles. The van der Waals surface area contributed by atoms with Gasteiger partial charge in [-0.05, 0) is 49.9 Å². The predicted molar refractivity (Wildman–Crippen MR) is 109 cm³/mol. The van der Waals surface area contributed by atoms with Crippen molar-refractivity contribution < 1.29 is 14.2 Å². The zero-order valence-electron chi connectivity index (χ0n) is 16.1. The monoisotopic (exact) mass is 389 g/mol. The zero-order valence-corrected chi connectivity index (χ0v) is 16.8. The average Bonchev–Trinajstić information content (AvgIpc) is 3.16. The molecule has 1 atom stereocenters. The molecule has 1 N–H and O–H groups in total. The third-order valence-corrected chi connectivity index (χ3v) is 4.88. The first-order chi connectivity index (χ1) is 13.2.